The fourth-order valence-corrected chi connectivity index (χ4v) is 6.42. The zero-order valence-corrected chi connectivity index (χ0v) is 23.6. The molecule has 7 nitrogen and oxygen atoms in total. The Morgan fingerprint density at radius 1 is 0.850 bits per heavy atom. The lowest BCUT2D eigenvalue weighted by Gasteiger charge is -2.36. The summed E-state index contributed by atoms with van der Waals surface area (Å²) >= 11 is 6.82. The summed E-state index contributed by atoms with van der Waals surface area (Å²) in [5.41, 5.74) is 3.24. The lowest BCUT2D eigenvalue weighted by molar-refractivity contribution is -0.122. The van der Waals surface area contributed by atoms with Crippen LogP contribution < -0.4 is 10.5 Å². The van der Waals surface area contributed by atoms with Gasteiger partial charge in [0.25, 0.3) is 11.5 Å². The van der Waals surface area contributed by atoms with Crippen molar-refractivity contribution in [2.45, 2.75) is 13.0 Å². The van der Waals surface area contributed by atoms with Crippen molar-refractivity contribution in [3.63, 3.8) is 0 Å². The number of aromatic nitrogens is 2. The fourth-order valence-electron chi connectivity index (χ4n) is 5.13. The van der Waals surface area contributed by atoms with Gasteiger partial charge in [-0.05, 0) is 35.8 Å². The topological polar surface area (TPSA) is 61.2 Å². The summed E-state index contributed by atoms with van der Waals surface area (Å²) in [6.45, 7) is 4.57. The molecular formula is C31H29N5O2S2. The van der Waals surface area contributed by atoms with Crippen LogP contribution in [0.15, 0.2) is 94.8 Å². The maximum atomic E-state index is 13.7. The number of rotatable bonds is 7. The predicted octanol–water partition coefficient (Wildman–Crippen LogP) is 4.46. The minimum atomic E-state index is -0.193. The molecule has 4 heterocycles. The number of hydrogen-bond acceptors (Lipinski definition) is 7. The molecule has 1 amide bonds. The molecule has 0 spiro atoms. The Labute approximate surface area is 242 Å². The van der Waals surface area contributed by atoms with Gasteiger partial charge in [0.15, 0.2) is 0 Å². The van der Waals surface area contributed by atoms with E-state index in [0.29, 0.717) is 39.2 Å². The highest BCUT2D eigenvalue weighted by Crippen LogP contribution is 2.34. The summed E-state index contributed by atoms with van der Waals surface area (Å²) in [4.78, 5) is 38.7. The molecule has 2 aliphatic rings. The first-order valence-electron chi connectivity index (χ1n) is 13.4. The molecule has 0 radical (unpaired) electrons. The van der Waals surface area contributed by atoms with Gasteiger partial charge in [0.2, 0.25) is 0 Å². The van der Waals surface area contributed by atoms with Gasteiger partial charge in [-0.25, -0.2) is 4.98 Å². The van der Waals surface area contributed by atoms with Gasteiger partial charge in [-0.1, -0.05) is 90.7 Å². The first-order chi connectivity index (χ1) is 19.6. The van der Waals surface area contributed by atoms with Crippen molar-refractivity contribution in [1.82, 2.24) is 19.2 Å². The van der Waals surface area contributed by atoms with Gasteiger partial charge in [0.05, 0.1) is 10.5 Å². The molecule has 2 aromatic heterocycles. The predicted molar refractivity (Wildman–Crippen MR) is 165 cm³/mol. The number of benzene rings is 2. The molecule has 0 N–H and O–H groups in total. The van der Waals surface area contributed by atoms with E-state index in [1.54, 1.807) is 17.2 Å². The van der Waals surface area contributed by atoms with Crippen molar-refractivity contribution in [3.05, 3.63) is 117 Å². The number of nitrogens with zero attached hydrogens (tertiary/aromatic N) is 5. The van der Waals surface area contributed by atoms with Crippen LogP contribution in [0.25, 0.3) is 11.7 Å². The Morgan fingerprint density at radius 2 is 1.52 bits per heavy atom. The smallest absolute Gasteiger partial charge is 0.267 e. The summed E-state index contributed by atoms with van der Waals surface area (Å²) in [6, 6.07) is 26.0. The van der Waals surface area contributed by atoms with Crippen LogP contribution in [0.5, 0.6) is 0 Å². The number of piperazine rings is 1. The van der Waals surface area contributed by atoms with Crippen LogP contribution in [0, 0.1) is 0 Å². The largest absolute Gasteiger partial charge is 0.353 e. The first kappa shape index (κ1) is 26.4. The monoisotopic (exact) mass is 567 g/mol. The lowest BCUT2D eigenvalue weighted by atomic mass is 10.1. The van der Waals surface area contributed by atoms with Crippen molar-refractivity contribution in [3.8, 4) is 0 Å². The molecule has 0 unspecified atom stereocenters. The van der Waals surface area contributed by atoms with Crippen LogP contribution in [0.1, 0.15) is 16.7 Å². The van der Waals surface area contributed by atoms with Gasteiger partial charge in [-0.15, -0.1) is 0 Å². The second-order valence-corrected chi connectivity index (χ2v) is 11.6. The van der Waals surface area contributed by atoms with Gasteiger partial charge < -0.3 is 4.90 Å². The minimum Gasteiger partial charge on any atom is -0.353 e. The number of fused-ring (bicyclic) bond motifs is 1. The molecule has 0 bridgehead atoms. The first-order valence-corrected chi connectivity index (χ1v) is 14.6. The zero-order valence-electron chi connectivity index (χ0n) is 22.0. The average molecular weight is 568 g/mol. The summed E-state index contributed by atoms with van der Waals surface area (Å²) in [5.74, 6) is 0.451. The maximum absolute atomic E-state index is 13.7. The second kappa shape index (κ2) is 11.8. The molecule has 9 heteroatoms. The van der Waals surface area contributed by atoms with Gasteiger partial charge in [-0.3, -0.25) is 23.8 Å². The molecule has 40 heavy (non-hydrogen) atoms. The molecule has 202 valence electrons. The van der Waals surface area contributed by atoms with E-state index in [1.807, 2.05) is 54.6 Å². The summed E-state index contributed by atoms with van der Waals surface area (Å²) in [5, 5.41) is 0. The van der Waals surface area contributed by atoms with Crippen LogP contribution in [0.3, 0.4) is 0 Å². The Bertz CT molecular complexity index is 1630. The number of amides is 1. The molecule has 2 aromatic carbocycles. The highest BCUT2D eigenvalue weighted by Gasteiger charge is 2.33. The summed E-state index contributed by atoms with van der Waals surface area (Å²) in [6.07, 6.45) is 4.12. The van der Waals surface area contributed by atoms with E-state index in [4.69, 9.17) is 17.2 Å². The summed E-state index contributed by atoms with van der Waals surface area (Å²) in [7, 11) is 0. The number of thioether (sulfide) groups is 1. The van der Waals surface area contributed by atoms with Crippen molar-refractivity contribution in [2.24, 2.45) is 0 Å². The fraction of sp³-hybridized carbons (Fsp3) is 0.226. The Morgan fingerprint density at radius 3 is 2.25 bits per heavy atom. The third-order valence-electron chi connectivity index (χ3n) is 7.29. The molecule has 0 aliphatic carbocycles. The van der Waals surface area contributed by atoms with Crippen LogP contribution in [-0.4, -0.2) is 62.1 Å². The highest BCUT2D eigenvalue weighted by molar-refractivity contribution is 8.26. The maximum Gasteiger partial charge on any atom is 0.267 e. The van der Waals surface area contributed by atoms with Crippen molar-refractivity contribution in [2.75, 3.05) is 37.6 Å². The minimum absolute atomic E-state index is 0.165. The van der Waals surface area contributed by atoms with Crippen LogP contribution in [-0.2, 0) is 17.8 Å². The Balaban J connectivity index is 1.27. The molecule has 2 fully saturated rings. The van der Waals surface area contributed by atoms with Gasteiger partial charge in [-0.2, -0.15) is 0 Å². The number of thiocarbonyl (C=S) groups is 1. The zero-order chi connectivity index (χ0) is 27.5. The number of anilines is 1. The molecule has 2 saturated heterocycles. The van der Waals surface area contributed by atoms with Crippen molar-refractivity contribution in [1.29, 1.82) is 0 Å². The van der Waals surface area contributed by atoms with E-state index in [2.05, 4.69) is 34.1 Å². The van der Waals surface area contributed by atoms with Gasteiger partial charge in [0, 0.05) is 45.5 Å². The molecule has 0 saturated carbocycles. The third-order valence-corrected chi connectivity index (χ3v) is 8.66. The number of pyridine rings is 1. The SMILES string of the molecule is O=C1/C(=C\c2c(N3CCN(Cc4ccccc4)CC3)nc3ccccn3c2=O)SC(=S)N1CCc1ccccc1. The van der Waals surface area contributed by atoms with Crippen LogP contribution >= 0.6 is 24.0 Å². The van der Waals surface area contributed by atoms with E-state index in [9.17, 15) is 9.59 Å². The van der Waals surface area contributed by atoms with E-state index in [0.717, 1.165) is 38.3 Å². The quantitative estimate of drug-likeness (QED) is 0.241. The standard InChI is InChI=1S/C31H29N5O2S2/c37-29-25(21-26-30(38)36(31(39)40-26)16-14-23-9-3-1-4-10-23)28(32-27-13-7-8-15-35(27)29)34-19-17-33(18-20-34)22-24-11-5-2-6-12-24/h1-13,15,21H,14,16-20,22H2/b26-21+. The lowest BCUT2D eigenvalue weighted by Crippen LogP contribution is -2.47. The molecule has 0 atom stereocenters. The average Bonchev–Trinajstić information content (AvgIpc) is 3.26. The van der Waals surface area contributed by atoms with E-state index < -0.39 is 0 Å². The third kappa shape index (κ3) is 5.58. The molecular weight excluding hydrogens is 539 g/mol. The second-order valence-electron chi connectivity index (χ2n) is 9.90. The van der Waals surface area contributed by atoms with E-state index >= 15 is 0 Å². The molecule has 2 aliphatic heterocycles. The van der Waals surface area contributed by atoms with E-state index in [-0.39, 0.29) is 11.5 Å². The Hall–Kier alpha value is -3.79. The number of hydrogen-bond donors (Lipinski definition) is 0. The van der Waals surface area contributed by atoms with Crippen LogP contribution in [0.4, 0.5) is 5.82 Å². The van der Waals surface area contributed by atoms with Gasteiger partial charge in [0.1, 0.15) is 15.8 Å². The van der Waals surface area contributed by atoms with Gasteiger partial charge >= 0.3 is 0 Å². The molecule has 6 rings (SSSR count). The van der Waals surface area contributed by atoms with Crippen molar-refractivity contribution < 1.29 is 4.79 Å². The number of carbonyl (C=O) groups is 1. The van der Waals surface area contributed by atoms with Crippen LogP contribution in [0.2, 0.25) is 0 Å². The van der Waals surface area contributed by atoms with E-state index in [1.165, 1.54) is 21.7 Å². The number of carbonyl (C=O) groups excluding carboxylic acids is 1. The summed E-state index contributed by atoms with van der Waals surface area (Å²) < 4.78 is 2.05. The highest BCUT2D eigenvalue weighted by atomic mass is 32.2. The normalized spacial score (nSPS) is 17.4. The molecule has 4 aromatic rings. The Kier molecular flexibility index (Phi) is 7.77. The van der Waals surface area contributed by atoms with Crippen molar-refractivity contribution >= 4 is 51.7 Å².